The second-order valence-electron chi connectivity index (χ2n) is 4.04. The van der Waals surface area contributed by atoms with Gasteiger partial charge in [0, 0.05) is 19.6 Å². The Balaban J connectivity index is 0.000000245. The highest BCUT2D eigenvalue weighted by Gasteiger charge is 2.10. The van der Waals surface area contributed by atoms with Crippen LogP contribution in [-0.2, 0) is 13.1 Å². The van der Waals surface area contributed by atoms with Crippen molar-refractivity contribution in [2.45, 2.75) is 46.2 Å². The maximum absolute atomic E-state index is 3.99. The van der Waals surface area contributed by atoms with Gasteiger partial charge in [-0.25, -0.2) is 4.68 Å². The van der Waals surface area contributed by atoms with Crippen LogP contribution in [0.5, 0.6) is 0 Å². The first-order valence-corrected chi connectivity index (χ1v) is 5.83. The van der Waals surface area contributed by atoms with Crippen LogP contribution >= 0.6 is 0 Å². The van der Waals surface area contributed by atoms with E-state index in [4.69, 9.17) is 0 Å². The molecule has 0 atom stereocenters. The van der Waals surface area contributed by atoms with Crippen LogP contribution in [0.1, 0.15) is 38.8 Å². The van der Waals surface area contributed by atoms with Crippen LogP contribution < -0.4 is 0 Å². The van der Waals surface area contributed by atoms with Crippen molar-refractivity contribution in [3.63, 3.8) is 0 Å². The minimum absolute atomic E-state index is 0.979. The summed E-state index contributed by atoms with van der Waals surface area (Å²) < 4.78 is 1.99. The zero-order valence-electron chi connectivity index (χ0n) is 10.1. The molecular formula is C11H22N4. The average molecular weight is 210 g/mol. The molecule has 4 nitrogen and oxygen atoms in total. The molecule has 0 amide bonds. The first-order chi connectivity index (χ1) is 7.27. The van der Waals surface area contributed by atoms with Crippen LogP contribution in [0.15, 0.2) is 6.20 Å². The summed E-state index contributed by atoms with van der Waals surface area (Å²) in [5, 5.41) is 7.86. The number of aromatic nitrogens is 3. The van der Waals surface area contributed by atoms with Crippen molar-refractivity contribution in [3.8, 4) is 0 Å². The Labute approximate surface area is 92.3 Å². The second kappa shape index (κ2) is 6.56. The molecule has 0 bridgehead atoms. The monoisotopic (exact) mass is 210 g/mol. The number of hydrogen-bond acceptors (Lipinski definition) is 3. The molecule has 2 rings (SSSR count). The summed E-state index contributed by atoms with van der Waals surface area (Å²) in [6.45, 7) is 7.51. The third-order valence-corrected chi connectivity index (χ3v) is 2.54. The molecule has 0 saturated carbocycles. The fraction of sp³-hybridized carbons (Fsp3) is 0.818. The van der Waals surface area contributed by atoms with Gasteiger partial charge >= 0.3 is 0 Å². The van der Waals surface area contributed by atoms with Crippen molar-refractivity contribution in [3.05, 3.63) is 11.9 Å². The number of unbranched alkanes of at least 4 members (excludes halogenated alkanes) is 1. The predicted octanol–water partition coefficient (Wildman–Crippen LogP) is 1.92. The van der Waals surface area contributed by atoms with Gasteiger partial charge in [0.1, 0.15) is 0 Å². The van der Waals surface area contributed by atoms with Crippen LogP contribution in [0.2, 0.25) is 0 Å². The Bertz CT molecular complexity index is 267. The van der Waals surface area contributed by atoms with Crippen molar-refractivity contribution in [2.75, 3.05) is 13.6 Å². The summed E-state index contributed by atoms with van der Waals surface area (Å²) in [7, 11) is 2.13. The van der Waals surface area contributed by atoms with Gasteiger partial charge in [-0.15, -0.1) is 5.10 Å². The molecule has 15 heavy (non-hydrogen) atoms. The molecule has 4 heteroatoms. The molecule has 0 aromatic carbocycles. The van der Waals surface area contributed by atoms with Gasteiger partial charge in [-0.1, -0.05) is 31.9 Å². The predicted molar refractivity (Wildman–Crippen MR) is 61.6 cm³/mol. The van der Waals surface area contributed by atoms with Crippen molar-refractivity contribution in [2.24, 2.45) is 0 Å². The maximum atomic E-state index is 3.99. The molecule has 1 aromatic rings. The Morgan fingerprint density at radius 3 is 2.67 bits per heavy atom. The topological polar surface area (TPSA) is 34.0 Å². The van der Waals surface area contributed by atoms with Crippen LogP contribution in [0.25, 0.3) is 0 Å². The van der Waals surface area contributed by atoms with E-state index < -0.39 is 0 Å². The number of hydrogen-bond donors (Lipinski definition) is 0. The Morgan fingerprint density at radius 2 is 2.00 bits per heavy atom. The highest BCUT2D eigenvalue weighted by molar-refractivity contribution is 4.94. The summed E-state index contributed by atoms with van der Waals surface area (Å²) in [6, 6.07) is 0. The molecule has 2 heterocycles. The summed E-state index contributed by atoms with van der Waals surface area (Å²) in [4.78, 5) is 2.29. The fourth-order valence-electron chi connectivity index (χ4n) is 1.44. The van der Waals surface area contributed by atoms with E-state index in [1.807, 2.05) is 10.9 Å². The maximum Gasteiger partial charge on any atom is 0.0738 e. The van der Waals surface area contributed by atoms with Crippen LogP contribution in [0.4, 0.5) is 0 Å². The van der Waals surface area contributed by atoms with Crippen LogP contribution in [0, 0.1) is 0 Å². The molecule has 0 fully saturated rings. The quantitative estimate of drug-likeness (QED) is 0.710. The first-order valence-electron chi connectivity index (χ1n) is 5.83. The zero-order valence-corrected chi connectivity index (χ0v) is 10.1. The normalized spacial score (nSPS) is 16.2. The van der Waals surface area contributed by atoms with E-state index in [-0.39, 0.29) is 0 Å². The van der Waals surface area contributed by atoms with Crippen LogP contribution in [0.3, 0.4) is 0 Å². The van der Waals surface area contributed by atoms with Gasteiger partial charge in [-0.05, 0) is 13.5 Å². The first kappa shape index (κ1) is 12.2. The molecule has 0 N–H and O–H groups in total. The molecule has 1 aliphatic heterocycles. The standard InChI is InChI=1S/C7H12N4.C4H10/c1-10-3-2-4-11-7(6-10)5-8-9-11;1-3-4-2/h5H,2-4,6H2,1H3;3-4H2,1-2H3. The third-order valence-electron chi connectivity index (χ3n) is 2.54. The van der Waals surface area contributed by atoms with E-state index in [0.717, 1.165) is 19.6 Å². The fourth-order valence-corrected chi connectivity index (χ4v) is 1.44. The summed E-state index contributed by atoms with van der Waals surface area (Å²) >= 11 is 0. The lowest BCUT2D eigenvalue weighted by Crippen LogP contribution is -2.16. The number of aryl methyl sites for hydroxylation is 1. The molecule has 0 unspecified atom stereocenters. The van der Waals surface area contributed by atoms with E-state index in [0.29, 0.717) is 0 Å². The van der Waals surface area contributed by atoms with E-state index in [1.54, 1.807) is 0 Å². The summed E-state index contributed by atoms with van der Waals surface area (Å²) in [5.41, 5.74) is 1.23. The number of nitrogens with zero attached hydrogens (tertiary/aromatic N) is 4. The van der Waals surface area contributed by atoms with Crippen molar-refractivity contribution < 1.29 is 0 Å². The zero-order chi connectivity index (χ0) is 11.1. The molecule has 1 aliphatic rings. The lowest BCUT2D eigenvalue weighted by molar-refractivity contribution is 0.332. The van der Waals surface area contributed by atoms with Crippen molar-refractivity contribution in [1.29, 1.82) is 0 Å². The summed E-state index contributed by atoms with van der Waals surface area (Å²) in [6.07, 6.45) is 5.66. The number of fused-ring (bicyclic) bond motifs is 1. The second-order valence-corrected chi connectivity index (χ2v) is 4.04. The Morgan fingerprint density at radius 1 is 1.27 bits per heavy atom. The van der Waals surface area contributed by atoms with Gasteiger partial charge in [-0.3, -0.25) is 0 Å². The largest absolute Gasteiger partial charge is 0.300 e. The average Bonchev–Trinajstić information content (AvgIpc) is 2.59. The summed E-state index contributed by atoms with van der Waals surface area (Å²) in [5.74, 6) is 0. The lowest BCUT2D eigenvalue weighted by Gasteiger charge is -2.10. The molecule has 86 valence electrons. The van der Waals surface area contributed by atoms with Gasteiger partial charge in [0.2, 0.25) is 0 Å². The Hall–Kier alpha value is -0.900. The van der Waals surface area contributed by atoms with Gasteiger partial charge in [-0.2, -0.15) is 0 Å². The van der Waals surface area contributed by atoms with Gasteiger partial charge in [0.05, 0.1) is 11.9 Å². The van der Waals surface area contributed by atoms with Crippen LogP contribution in [-0.4, -0.2) is 33.5 Å². The van der Waals surface area contributed by atoms with Gasteiger partial charge < -0.3 is 4.90 Å². The van der Waals surface area contributed by atoms with E-state index >= 15 is 0 Å². The minimum Gasteiger partial charge on any atom is -0.300 e. The molecule has 1 aromatic heterocycles. The Kier molecular flexibility index (Phi) is 5.32. The highest BCUT2D eigenvalue weighted by atomic mass is 15.4. The molecule has 0 radical (unpaired) electrons. The SMILES string of the molecule is CCCC.CN1CCCn2nncc2C1. The highest BCUT2D eigenvalue weighted by Crippen LogP contribution is 2.07. The number of rotatable bonds is 1. The van der Waals surface area contributed by atoms with E-state index in [1.165, 1.54) is 25.0 Å². The van der Waals surface area contributed by atoms with Crippen molar-refractivity contribution in [1.82, 2.24) is 19.9 Å². The molecular weight excluding hydrogens is 188 g/mol. The van der Waals surface area contributed by atoms with Gasteiger partial charge in [0.15, 0.2) is 0 Å². The van der Waals surface area contributed by atoms with E-state index in [9.17, 15) is 0 Å². The molecule has 0 aliphatic carbocycles. The van der Waals surface area contributed by atoms with Crippen molar-refractivity contribution >= 4 is 0 Å². The van der Waals surface area contributed by atoms with Gasteiger partial charge in [0.25, 0.3) is 0 Å². The lowest BCUT2D eigenvalue weighted by atomic mass is 10.4. The molecule has 0 saturated heterocycles. The van der Waals surface area contributed by atoms with E-state index in [2.05, 4.69) is 36.1 Å². The molecule has 0 spiro atoms. The minimum atomic E-state index is 0.979. The third kappa shape index (κ3) is 4.00. The smallest absolute Gasteiger partial charge is 0.0738 e.